The zero-order valence-electron chi connectivity index (χ0n) is 16.2. The van der Waals surface area contributed by atoms with Crippen molar-refractivity contribution in [2.24, 2.45) is 16.6 Å². The van der Waals surface area contributed by atoms with Gasteiger partial charge in [-0.3, -0.25) is 9.79 Å². The predicted molar refractivity (Wildman–Crippen MR) is 107 cm³/mol. The summed E-state index contributed by atoms with van der Waals surface area (Å²) in [5.74, 6) is -0.998. The molecule has 5 nitrogen and oxygen atoms in total. The highest BCUT2D eigenvalue weighted by Gasteiger charge is 2.17. The molecule has 0 spiro atoms. The van der Waals surface area contributed by atoms with Gasteiger partial charge < -0.3 is 16.0 Å². The molecule has 1 atom stereocenters. The topological polar surface area (TPSA) is 70.7 Å². The molecule has 0 saturated carbocycles. The molecule has 0 radical (unpaired) electrons. The van der Waals surface area contributed by atoms with E-state index in [0.29, 0.717) is 25.5 Å². The Morgan fingerprint density at radius 2 is 1.86 bits per heavy atom. The summed E-state index contributed by atoms with van der Waals surface area (Å²) in [6.07, 6.45) is 0.381. The van der Waals surface area contributed by atoms with E-state index in [-0.39, 0.29) is 18.2 Å². The molecule has 0 aromatic heterocycles. The van der Waals surface area contributed by atoms with Gasteiger partial charge in [0.25, 0.3) is 0 Å². The largest absolute Gasteiger partial charge is 0.369 e. The third-order valence-electron chi connectivity index (χ3n) is 4.26. The van der Waals surface area contributed by atoms with Crippen molar-refractivity contribution in [2.45, 2.75) is 19.9 Å². The number of primary amides is 1. The first-order valence-corrected chi connectivity index (χ1v) is 9.16. The second-order valence-corrected chi connectivity index (χ2v) is 6.61. The smallest absolute Gasteiger partial charge is 0.222 e. The SMILES string of the molecule is CCNC(=NCC(Cc1ccc(F)cc1)C(N)=O)N(C)Cc1cccc(F)c1. The summed E-state index contributed by atoms with van der Waals surface area (Å²) < 4.78 is 26.5. The molecule has 150 valence electrons. The van der Waals surface area contributed by atoms with Gasteiger partial charge in [0, 0.05) is 20.1 Å². The van der Waals surface area contributed by atoms with Crippen molar-refractivity contribution in [3.05, 3.63) is 71.3 Å². The molecule has 3 N–H and O–H groups in total. The lowest BCUT2D eigenvalue weighted by atomic mass is 9.99. The summed E-state index contributed by atoms with van der Waals surface area (Å²) in [4.78, 5) is 18.2. The van der Waals surface area contributed by atoms with E-state index in [1.54, 1.807) is 18.2 Å². The number of rotatable bonds is 8. The lowest BCUT2D eigenvalue weighted by Crippen LogP contribution is -2.39. The fraction of sp³-hybridized carbons (Fsp3) is 0.333. The maximum absolute atomic E-state index is 13.4. The van der Waals surface area contributed by atoms with Gasteiger partial charge in [-0.2, -0.15) is 0 Å². The van der Waals surface area contributed by atoms with E-state index in [4.69, 9.17) is 5.73 Å². The van der Waals surface area contributed by atoms with Crippen molar-refractivity contribution < 1.29 is 13.6 Å². The van der Waals surface area contributed by atoms with Gasteiger partial charge >= 0.3 is 0 Å². The molecule has 0 aliphatic rings. The Kier molecular flexibility index (Phi) is 7.92. The highest BCUT2D eigenvalue weighted by molar-refractivity contribution is 5.81. The third-order valence-corrected chi connectivity index (χ3v) is 4.26. The molecule has 0 bridgehead atoms. The number of carbonyl (C=O) groups excluding carboxylic acids is 1. The number of halogens is 2. The number of benzene rings is 2. The number of carbonyl (C=O) groups is 1. The number of nitrogens with zero attached hydrogens (tertiary/aromatic N) is 2. The molecule has 7 heteroatoms. The fourth-order valence-corrected chi connectivity index (χ4v) is 2.81. The van der Waals surface area contributed by atoms with E-state index in [1.165, 1.54) is 24.3 Å². The van der Waals surface area contributed by atoms with Gasteiger partial charge in [0.2, 0.25) is 5.91 Å². The second-order valence-electron chi connectivity index (χ2n) is 6.61. The van der Waals surface area contributed by atoms with Gasteiger partial charge in [-0.05, 0) is 48.7 Å². The summed E-state index contributed by atoms with van der Waals surface area (Å²) in [6, 6.07) is 12.3. The Morgan fingerprint density at radius 3 is 2.46 bits per heavy atom. The van der Waals surface area contributed by atoms with E-state index in [1.807, 2.05) is 24.9 Å². The van der Waals surface area contributed by atoms with Crippen LogP contribution in [0, 0.1) is 17.6 Å². The van der Waals surface area contributed by atoms with Gasteiger partial charge in [0.15, 0.2) is 5.96 Å². The van der Waals surface area contributed by atoms with E-state index in [0.717, 1.165) is 11.1 Å². The Hall–Kier alpha value is -2.96. The molecular weight excluding hydrogens is 362 g/mol. The summed E-state index contributed by atoms with van der Waals surface area (Å²) in [5, 5.41) is 3.16. The maximum Gasteiger partial charge on any atom is 0.222 e. The predicted octanol–water partition coefficient (Wildman–Crippen LogP) is 2.71. The van der Waals surface area contributed by atoms with Crippen LogP contribution >= 0.6 is 0 Å². The van der Waals surface area contributed by atoms with Crippen LogP contribution in [0.2, 0.25) is 0 Å². The molecule has 0 aliphatic carbocycles. The molecule has 0 fully saturated rings. The molecule has 28 heavy (non-hydrogen) atoms. The van der Waals surface area contributed by atoms with Crippen molar-refractivity contribution in [3.63, 3.8) is 0 Å². The zero-order valence-corrected chi connectivity index (χ0v) is 16.2. The van der Waals surface area contributed by atoms with Crippen LogP contribution in [-0.2, 0) is 17.8 Å². The minimum Gasteiger partial charge on any atom is -0.369 e. The first-order valence-electron chi connectivity index (χ1n) is 9.16. The number of nitrogens with one attached hydrogen (secondary N) is 1. The number of aliphatic imine (C=N–C) groups is 1. The highest BCUT2D eigenvalue weighted by Crippen LogP contribution is 2.11. The fourth-order valence-electron chi connectivity index (χ4n) is 2.81. The lowest BCUT2D eigenvalue weighted by molar-refractivity contribution is -0.121. The number of guanidine groups is 1. The van der Waals surface area contributed by atoms with Crippen molar-refractivity contribution in [3.8, 4) is 0 Å². The number of nitrogens with two attached hydrogens (primary N) is 1. The lowest BCUT2D eigenvalue weighted by Gasteiger charge is -2.23. The van der Waals surface area contributed by atoms with E-state index in [9.17, 15) is 13.6 Å². The molecule has 1 amide bonds. The summed E-state index contributed by atoms with van der Waals surface area (Å²) >= 11 is 0. The molecule has 2 aromatic rings. The molecule has 0 heterocycles. The number of hydrogen-bond acceptors (Lipinski definition) is 2. The van der Waals surface area contributed by atoms with Crippen molar-refractivity contribution >= 4 is 11.9 Å². The van der Waals surface area contributed by atoms with Gasteiger partial charge in [-0.25, -0.2) is 8.78 Å². The maximum atomic E-state index is 13.4. The molecule has 2 rings (SSSR count). The van der Waals surface area contributed by atoms with Crippen LogP contribution in [0.3, 0.4) is 0 Å². The van der Waals surface area contributed by atoms with Crippen LogP contribution in [0.4, 0.5) is 8.78 Å². The minimum absolute atomic E-state index is 0.197. The van der Waals surface area contributed by atoms with Gasteiger partial charge in [0.1, 0.15) is 11.6 Å². The second kappa shape index (κ2) is 10.4. The van der Waals surface area contributed by atoms with Crippen LogP contribution in [0.1, 0.15) is 18.1 Å². The van der Waals surface area contributed by atoms with Crippen molar-refractivity contribution in [2.75, 3.05) is 20.1 Å². The molecule has 2 aromatic carbocycles. The Labute approximate surface area is 164 Å². The molecular formula is C21H26F2N4O. The average Bonchev–Trinajstić information content (AvgIpc) is 2.65. The monoisotopic (exact) mass is 388 g/mol. The summed E-state index contributed by atoms with van der Waals surface area (Å²) in [6.45, 7) is 3.24. The van der Waals surface area contributed by atoms with Gasteiger partial charge in [-0.15, -0.1) is 0 Å². The van der Waals surface area contributed by atoms with E-state index in [2.05, 4.69) is 10.3 Å². The minimum atomic E-state index is -0.512. The van der Waals surface area contributed by atoms with E-state index >= 15 is 0 Å². The van der Waals surface area contributed by atoms with Crippen LogP contribution in [0.15, 0.2) is 53.5 Å². The molecule has 0 aliphatic heterocycles. The first kappa shape index (κ1) is 21.3. The van der Waals surface area contributed by atoms with Crippen molar-refractivity contribution in [1.82, 2.24) is 10.2 Å². The van der Waals surface area contributed by atoms with Gasteiger partial charge in [0.05, 0.1) is 12.5 Å². The summed E-state index contributed by atoms with van der Waals surface area (Å²) in [7, 11) is 1.84. The standard InChI is InChI=1S/C21H26F2N4O/c1-3-25-21(27(2)14-16-5-4-6-19(23)12-16)26-13-17(20(24)28)11-15-7-9-18(22)10-8-15/h4-10,12,17H,3,11,13-14H2,1-2H3,(H2,24,28)(H,25,26). The Bertz CT molecular complexity index is 808. The van der Waals surface area contributed by atoms with E-state index < -0.39 is 11.8 Å². The van der Waals surface area contributed by atoms with Crippen molar-refractivity contribution in [1.29, 1.82) is 0 Å². The highest BCUT2D eigenvalue weighted by atomic mass is 19.1. The quantitative estimate of drug-likeness (QED) is 0.540. The van der Waals surface area contributed by atoms with Crippen LogP contribution in [-0.4, -0.2) is 36.9 Å². The van der Waals surface area contributed by atoms with Crippen LogP contribution in [0.25, 0.3) is 0 Å². The first-order chi connectivity index (χ1) is 13.4. The summed E-state index contributed by atoms with van der Waals surface area (Å²) in [5.41, 5.74) is 7.16. The zero-order chi connectivity index (χ0) is 20.5. The number of amides is 1. The Balaban J connectivity index is 2.08. The van der Waals surface area contributed by atoms with Crippen LogP contribution in [0.5, 0.6) is 0 Å². The number of hydrogen-bond donors (Lipinski definition) is 2. The normalized spacial score (nSPS) is 12.5. The van der Waals surface area contributed by atoms with Crippen LogP contribution < -0.4 is 11.1 Å². The molecule has 1 unspecified atom stereocenters. The average molecular weight is 388 g/mol. The van der Waals surface area contributed by atoms with Gasteiger partial charge in [-0.1, -0.05) is 24.3 Å². The molecule has 0 saturated heterocycles. The third kappa shape index (κ3) is 6.64. The Morgan fingerprint density at radius 1 is 1.14 bits per heavy atom.